The first kappa shape index (κ1) is 17.1. The van der Waals surface area contributed by atoms with Gasteiger partial charge in [0.2, 0.25) is 0 Å². The predicted octanol–water partition coefficient (Wildman–Crippen LogP) is 3.41. The van der Waals surface area contributed by atoms with Crippen LogP contribution in [0.15, 0.2) is 12.1 Å². The molecule has 0 atom stereocenters. The van der Waals surface area contributed by atoms with Crippen LogP contribution in [-0.2, 0) is 4.74 Å². The van der Waals surface area contributed by atoms with E-state index in [1.54, 1.807) is 12.1 Å². The van der Waals surface area contributed by atoms with Gasteiger partial charge in [0.05, 0.1) is 32.1 Å². The minimum Gasteiger partial charge on any atom is -0.493 e. The van der Waals surface area contributed by atoms with E-state index in [1.807, 2.05) is 0 Å². The number of benzene rings is 1. The molecule has 0 radical (unpaired) electrons. The molecule has 5 nitrogen and oxygen atoms in total. The van der Waals surface area contributed by atoms with Crippen molar-refractivity contribution >= 4 is 11.7 Å². The van der Waals surface area contributed by atoms with E-state index in [0.29, 0.717) is 23.8 Å². The Balaban J connectivity index is 2.65. The van der Waals surface area contributed by atoms with Crippen LogP contribution in [0.4, 0.5) is 5.69 Å². The van der Waals surface area contributed by atoms with Crippen molar-refractivity contribution in [3.05, 3.63) is 17.7 Å². The molecule has 0 bridgehead atoms. The van der Waals surface area contributed by atoms with Crippen LogP contribution in [0.5, 0.6) is 11.5 Å². The fraction of sp³-hybridized carbons (Fsp3) is 0.562. The number of hydrogen-bond acceptors (Lipinski definition) is 5. The summed E-state index contributed by atoms with van der Waals surface area (Å²) in [7, 11) is 2.84. The zero-order chi connectivity index (χ0) is 15.7. The summed E-state index contributed by atoms with van der Waals surface area (Å²) >= 11 is 0. The Hall–Kier alpha value is -1.91. The summed E-state index contributed by atoms with van der Waals surface area (Å²) in [5.41, 5.74) is 6.46. The number of carbonyl (C=O) groups is 1. The number of carbonyl (C=O) groups excluding carboxylic acids is 1. The first-order valence-corrected chi connectivity index (χ1v) is 7.32. The minimum absolute atomic E-state index is 0.282. The summed E-state index contributed by atoms with van der Waals surface area (Å²) in [5, 5.41) is 0. The lowest BCUT2D eigenvalue weighted by atomic mass is 10.1. The summed E-state index contributed by atoms with van der Waals surface area (Å²) in [4.78, 5) is 11.6. The van der Waals surface area contributed by atoms with Crippen molar-refractivity contribution in [1.29, 1.82) is 0 Å². The first-order valence-electron chi connectivity index (χ1n) is 7.32. The van der Waals surface area contributed by atoms with Crippen molar-refractivity contribution < 1.29 is 19.0 Å². The molecule has 1 aromatic rings. The molecule has 1 rings (SSSR count). The monoisotopic (exact) mass is 295 g/mol. The molecule has 2 N–H and O–H groups in total. The summed E-state index contributed by atoms with van der Waals surface area (Å²) in [5.74, 6) is 0.549. The highest BCUT2D eigenvalue weighted by atomic mass is 16.5. The van der Waals surface area contributed by atoms with E-state index in [2.05, 4.69) is 11.7 Å². The van der Waals surface area contributed by atoms with Gasteiger partial charge in [0.1, 0.15) is 0 Å². The van der Waals surface area contributed by atoms with E-state index in [-0.39, 0.29) is 5.56 Å². The fourth-order valence-electron chi connectivity index (χ4n) is 2.02. The molecule has 5 heteroatoms. The molecule has 0 saturated heterocycles. The molecule has 0 aromatic heterocycles. The molecule has 0 spiro atoms. The van der Waals surface area contributed by atoms with Gasteiger partial charge in [0.25, 0.3) is 0 Å². The van der Waals surface area contributed by atoms with Gasteiger partial charge in [-0.3, -0.25) is 0 Å². The average Bonchev–Trinajstić information content (AvgIpc) is 2.50. The van der Waals surface area contributed by atoms with E-state index in [4.69, 9.17) is 15.2 Å². The van der Waals surface area contributed by atoms with Gasteiger partial charge in [-0.05, 0) is 6.42 Å². The number of ether oxygens (including phenoxy) is 3. The average molecular weight is 295 g/mol. The van der Waals surface area contributed by atoms with Crippen LogP contribution in [0.25, 0.3) is 0 Å². The maximum absolute atomic E-state index is 11.6. The number of hydrogen-bond donors (Lipinski definition) is 1. The van der Waals surface area contributed by atoms with E-state index in [0.717, 1.165) is 12.8 Å². The third-order valence-electron chi connectivity index (χ3n) is 3.25. The van der Waals surface area contributed by atoms with E-state index in [1.165, 1.54) is 33.5 Å². The molecule has 118 valence electrons. The third-order valence-corrected chi connectivity index (χ3v) is 3.25. The smallest absolute Gasteiger partial charge is 0.340 e. The molecule has 0 unspecified atom stereocenters. The molecule has 0 amide bonds. The molecule has 0 heterocycles. The standard InChI is InChI=1S/C16H25NO4/c1-4-5-6-7-8-9-21-15-11-13(17)12(16(18)20-3)10-14(15)19-2/h10-11H,4-9,17H2,1-3H3. The first-order chi connectivity index (χ1) is 10.1. The highest BCUT2D eigenvalue weighted by molar-refractivity contribution is 5.96. The zero-order valence-electron chi connectivity index (χ0n) is 13.1. The van der Waals surface area contributed by atoms with Crippen molar-refractivity contribution in [3.63, 3.8) is 0 Å². The molecule has 1 aromatic carbocycles. The summed E-state index contributed by atoms with van der Waals surface area (Å²) < 4.78 is 15.6. The molecule has 0 aliphatic rings. The molecular formula is C16H25NO4. The topological polar surface area (TPSA) is 70.8 Å². The van der Waals surface area contributed by atoms with Gasteiger partial charge >= 0.3 is 5.97 Å². The molecule has 21 heavy (non-hydrogen) atoms. The molecule has 0 saturated carbocycles. The van der Waals surface area contributed by atoms with Crippen LogP contribution in [0, 0.1) is 0 Å². The van der Waals surface area contributed by atoms with Gasteiger partial charge in [0, 0.05) is 12.1 Å². The maximum Gasteiger partial charge on any atom is 0.340 e. The number of nitrogen functional groups attached to an aromatic ring is 1. The van der Waals surface area contributed by atoms with Gasteiger partial charge < -0.3 is 19.9 Å². The van der Waals surface area contributed by atoms with Gasteiger partial charge in [0.15, 0.2) is 11.5 Å². The van der Waals surface area contributed by atoms with Crippen molar-refractivity contribution in [2.45, 2.75) is 39.0 Å². The highest BCUT2D eigenvalue weighted by Crippen LogP contribution is 2.32. The van der Waals surface area contributed by atoms with Gasteiger partial charge in [-0.1, -0.05) is 32.6 Å². The molecule has 0 fully saturated rings. The third kappa shape index (κ3) is 5.17. The summed E-state index contributed by atoms with van der Waals surface area (Å²) in [6, 6.07) is 3.16. The van der Waals surface area contributed by atoms with E-state index in [9.17, 15) is 4.79 Å². The van der Waals surface area contributed by atoms with Crippen LogP contribution < -0.4 is 15.2 Å². The SMILES string of the molecule is CCCCCCCOc1cc(N)c(C(=O)OC)cc1OC. The Bertz CT molecular complexity index is 460. The van der Waals surface area contributed by atoms with Crippen LogP contribution in [0.3, 0.4) is 0 Å². The number of nitrogens with two attached hydrogens (primary N) is 1. The van der Waals surface area contributed by atoms with Crippen molar-refractivity contribution in [3.8, 4) is 11.5 Å². The Labute approximate surface area is 126 Å². The van der Waals surface area contributed by atoms with Gasteiger partial charge in [-0.15, -0.1) is 0 Å². The fourth-order valence-corrected chi connectivity index (χ4v) is 2.02. The largest absolute Gasteiger partial charge is 0.493 e. The lowest BCUT2D eigenvalue weighted by Crippen LogP contribution is -2.07. The second-order valence-electron chi connectivity index (χ2n) is 4.84. The van der Waals surface area contributed by atoms with Gasteiger partial charge in [-0.25, -0.2) is 4.79 Å². The van der Waals surface area contributed by atoms with Crippen LogP contribution in [0.1, 0.15) is 49.4 Å². The number of esters is 1. The van der Waals surface area contributed by atoms with Crippen LogP contribution in [0.2, 0.25) is 0 Å². The zero-order valence-corrected chi connectivity index (χ0v) is 13.1. The van der Waals surface area contributed by atoms with Gasteiger partial charge in [-0.2, -0.15) is 0 Å². The molecular weight excluding hydrogens is 270 g/mol. The number of methoxy groups -OCH3 is 2. The quantitative estimate of drug-likeness (QED) is 0.429. The van der Waals surface area contributed by atoms with Crippen molar-refractivity contribution in [1.82, 2.24) is 0 Å². The second kappa shape index (κ2) is 9.10. The lowest BCUT2D eigenvalue weighted by molar-refractivity contribution is 0.0601. The summed E-state index contributed by atoms with van der Waals surface area (Å²) in [6.45, 7) is 2.80. The number of anilines is 1. The normalized spacial score (nSPS) is 10.2. The molecule has 0 aliphatic heterocycles. The maximum atomic E-state index is 11.6. The molecule has 0 aliphatic carbocycles. The minimum atomic E-state index is -0.489. The Morgan fingerprint density at radius 1 is 1.10 bits per heavy atom. The number of unbranched alkanes of at least 4 members (excludes halogenated alkanes) is 4. The van der Waals surface area contributed by atoms with E-state index >= 15 is 0 Å². The lowest BCUT2D eigenvalue weighted by Gasteiger charge is -2.13. The highest BCUT2D eigenvalue weighted by Gasteiger charge is 2.15. The second-order valence-corrected chi connectivity index (χ2v) is 4.84. The van der Waals surface area contributed by atoms with Crippen molar-refractivity contribution in [2.24, 2.45) is 0 Å². The Morgan fingerprint density at radius 2 is 1.81 bits per heavy atom. The van der Waals surface area contributed by atoms with Crippen LogP contribution >= 0.6 is 0 Å². The Kier molecular flexibility index (Phi) is 7.43. The summed E-state index contributed by atoms with van der Waals surface area (Å²) in [6.07, 6.45) is 5.83. The number of rotatable bonds is 9. The van der Waals surface area contributed by atoms with Crippen LogP contribution in [-0.4, -0.2) is 26.8 Å². The predicted molar refractivity (Wildman–Crippen MR) is 83.0 cm³/mol. The van der Waals surface area contributed by atoms with Crippen molar-refractivity contribution in [2.75, 3.05) is 26.6 Å². The Morgan fingerprint density at radius 3 is 2.43 bits per heavy atom. The van der Waals surface area contributed by atoms with E-state index < -0.39 is 5.97 Å².